The fourth-order valence-electron chi connectivity index (χ4n) is 2.90. The molecule has 9 heteroatoms. The summed E-state index contributed by atoms with van der Waals surface area (Å²) in [5, 5.41) is 0.278. The smallest absolute Gasteiger partial charge is 0.266 e. The number of carbonyl (C=O) groups is 1. The molecule has 0 N–H and O–H groups in total. The minimum Gasteiger partial charge on any atom is -0.302 e. The van der Waals surface area contributed by atoms with Crippen LogP contribution in [0.1, 0.15) is 24.2 Å². The highest BCUT2D eigenvalue weighted by atomic mass is 35.5. The van der Waals surface area contributed by atoms with Crippen molar-refractivity contribution in [3.05, 3.63) is 59.4 Å². The van der Waals surface area contributed by atoms with Crippen LogP contribution >= 0.6 is 23.7 Å². The number of halogens is 4. The molecule has 0 aliphatic rings. The van der Waals surface area contributed by atoms with Gasteiger partial charge in [0.2, 0.25) is 0 Å². The molecule has 0 unspecified atom stereocenters. The van der Waals surface area contributed by atoms with E-state index < -0.39 is 28.9 Å². The van der Waals surface area contributed by atoms with E-state index in [1.165, 1.54) is 29.2 Å². The lowest BCUT2D eigenvalue weighted by Gasteiger charge is -2.25. The fraction of sp³-hybridized carbons (Fsp3) is 0.300. The van der Waals surface area contributed by atoms with Crippen LogP contribution < -0.4 is 4.90 Å². The molecule has 1 aromatic heterocycles. The Labute approximate surface area is 177 Å². The third kappa shape index (κ3) is 5.07. The highest BCUT2D eigenvalue weighted by Gasteiger charge is 2.27. The maximum atomic E-state index is 14.2. The standard InChI is InChI=1S/C20H20F3N3OS.ClH/c1-3-25(4-2)10-11-26(19(27)18-14(22)6-5-7-15(18)23)20-24-16-9-8-13(21)12-17(16)28-20;/h5-9,12H,3-4,10-11H2,1-2H3;1H. The van der Waals surface area contributed by atoms with Crippen molar-refractivity contribution in [1.82, 2.24) is 9.88 Å². The number of aromatic nitrogens is 1. The van der Waals surface area contributed by atoms with Gasteiger partial charge in [-0.25, -0.2) is 18.2 Å². The predicted octanol–water partition coefficient (Wildman–Crippen LogP) is 5.12. The number of benzene rings is 2. The first-order valence-corrected chi connectivity index (χ1v) is 9.80. The van der Waals surface area contributed by atoms with Gasteiger partial charge in [0, 0.05) is 13.1 Å². The Hall–Kier alpha value is -2.16. The lowest BCUT2D eigenvalue weighted by molar-refractivity contribution is 0.0975. The Kier molecular flexibility index (Phi) is 8.01. The molecule has 156 valence electrons. The monoisotopic (exact) mass is 443 g/mol. The number of hydrogen-bond acceptors (Lipinski definition) is 4. The summed E-state index contributed by atoms with van der Waals surface area (Å²) in [6.07, 6.45) is 0. The molecule has 0 spiro atoms. The molecule has 0 aliphatic heterocycles. The van der Waals surface area contributed by atoms with Gasteiger partial charge in [0.05, 0.1) is 10.2 Å². The van der Waals surface area contributed by atoms with Crippen molar-refractivity contribution in [2.45, 2.75) is 13.8 Å². The topological polar surface area (TPSA) is 36.4 Å². The van der Waals surface area contributed by atoms with E-state index in [-0.39, 0.29) is 24.1 Å². The van der Waals surface area contributed by atoms with Crippen LogP contribution in [0.15, 0.2) is 36.4 Å². The molecule has 0 saturated carbocycles. The van der Waals surface area contributed by atoms with E-state index in [0.717, 1.165) is 36.6 Å². The highest BCUT2D eigenvalue weighted by Crippen LogP contribution is 2.31. The van der Waals surface area contributed by atoms with Crippen LogP contribution in [-0.4, -0.2) is 42.0 Å². The Morgan fingerprint density at radius 1 is 1.03 bits per heavy atom. The second-order valence-corrected chi connectivity index (χ2v) is 7.20. The maximum absolute atomic E-state index is 14.2. The highest BCUT2D eigenvalue weighted by molar-refractivity contribution is 7.22. The third-order valence-electron chi connectivity index (χ3n) is 4.53. The van der Waals surface area contributed by atoms with Gasteiger partial charge in [0.1, 0.15) is 23.0 Å². The van der Waals surface area contributed by atoms with Crippen LogP contribution in [0.3, 0.4) is 0 Å². The SMILES string of the molecule is CCN(CC)CCN(C(=O)c1c(F)cccc1F)c1nc2ccc(F)cc2s1.Cl. The summed E-state index contributed by atoms with van der Waals surface area (Å²) < 4.78 is 42.5. The number of carbonyl (C=O) groups excluding carboxylic acids is 1. The number of rotatable bonds is 7. The normalized spacial score (nSPS) is 11.0. The minimum absolute atomic E-state index is 0. The molecule has 0 aliphatic carbocycles. The lowest BCUT2D eigenvalue weighted by Crippen LogP contribution is -2.39. The van der Waals surface area contributed by atoms with Crippen molar-refractivity contribution in [2.24, 2.45) is 0 Å². The lowest BCUT2D eigenvalue weighted by atomic mass is 10.1. The number of anilines is 1. The van der Waals surface area contributed by atoms with Gasteiger partial charge >= 0.3 is 0 Å². The summed E-state index contributed by atoms with van der Waals surface area (Å²) in [4.78, 5) is 20.8. The van der Waals surface area contributed by atoms with Gasteiger partial charge in [0.25, 0.3) is 5.91 Å². The molecule has 3 rings (SSSR count). The quantitative estimate of drug-likeness (QED) is 0.508. The second-order valence-electron chi connectivity index (χ2n) is 6.19. The Morgan fingerprint density at radius 3 is 2.31 bits per heavy atom. The maximum Gasteiger partial charge on any atom is 0.266 e. The van der Waals surface area contributed by atoms with Gasteiger partial charge in [-0.2, -0.15) is 0 Å². The van der Waals surface area contributed by atoms with Crippen LogP contribution in [0.25, 0.3) is 10.2 Å². The summed E-state index contributed by atoms with van der Waals surface area (Å²) in [5.41, 5.74) is -0.0940. The third-order valence-corrected chi connectivity index (χ3v) is 5.57. The van der Waals surface area contributed by atoms with Gasteiger partial charge in [-0.05, 0) is 43.4 Å². The van der Waals surface area contributed by atoms with Crippen molar-refractivity contribution < 1.29 is 18.0 Å². The number of thiazole rings is 1. The van der Waals surface area contributed by atoms with Crippen molar-refractivity contribution in [1.29, 1.82) is 0 Å². The Bertz CT molecular complexity index is 974. The van der Waals surface area contributed by atoms with E-state index in [2.05, 4.69) is 9.88 Å². The summed E-state index contributed by atoms with van der Waals surface area (Å²) >= 11 is 1.11. The van der Waals surface area contributed by atoms with Gasteiger partial charge < -0.3 is 4.90 Å². The van der Waals surface area contributed by atoms with E-state index in [0.29, 0.717) is 16.8 Å². The summed E-state index contributed by atoms with van der Waals surface area (Å²) in [6.45, 7) is 6.25. The minimum atomic E-state index is -0.926. The summed E-state index contributed by atoms with van der Waals surface area (Å²) in [7, 11) is 0. The molecule has 3 aromatic rings. The molecule has 0 radical (unpaired) electrons. The zero-order valence-corrected chi connectivity index (χ0v) is 17.6. The average molecular weight is 444 g/mol. The van der Waals surface area contributed by atoms with Gasteiger partial charge in [-0.15, -0.1) is 12.4 Å². The molecule has 4 nitrogen and oxygen atoms in total. The summed E-state index contributed by atoms with van der Waals surface area (Å²) in [6, 6.07) is 7.43. The van der Waals surface area contributed by atoms with Crippen LogP contribution in [0, 0.1) is 17.5 Å². The number of likely N-dealkylation sites (N-methyl/N-ethyl adjacent to an activating group) is 1. The van der Waals surface area contributed by atoms with Gasteiger partial charge in [-0.3, -0.25) is 9.69 Å². The zero-order chi connectivity index (χ0) is 20.3. The van der Waals surface area contributed by atoms with Crippen molar-refractivity contribution >= 4 is 45.0 Å². The van der Waals surface area contributed by atoms with Crippen molar-refractivity contribution in [2.75, 3.05) is 31.1 Å². The fourth-order valence-corrected chi connectivity index (χ4v) is 3.92. The van der Waals surface area contributed by atoms with Gasteiger partial charge in [-0.1, -0.05) is 31.3 Å². The van der Waals surface area contributed by atoms with E-state index in [1.807, 2.05) is 13.8 Å². The average Bonchev–Trinajstić information content (AvgIpc) is 3.07. The predicted molar refractivity (Wildman–Crippen MR) is 113 cm³/mol. The largest absolute Gasteiger partial charge is 0.302 e. The molecule has 0 bridgehead atoms. The van der Waals surface area contributed by atoms with Gasteiger partial charge in [0.15, 0.2) is 5.13 Å². The van der Waals surface area contributed by atoms with Crippen molar-refractivity contribution in [3.63, 3.8) is 0 Å². The first-order chi connectivity index (χ1) is 13.4. The van der Waals surface area contributed by atoms with E-state index >= 15 is 0 Å². The molecular weight excluding hydrogens is 423 g/mol. The van der Waals surface area contributed by atoms with Crippen molar-refractivity contribution in [3.8, 4) is 0 Å². The molecule has 1 amide bonds. The van der Waals surface area contributed by atoms with Crippen LogP contribution in [0.2, 0.25) is 0 Å². The van der Waals surface area contributed by atoms with E-state index in [9.17, 15) is 18.0 Å². The zero-order valence-electron chi connectivity index (χ0n) is 16.0. The molecule has 1 heterocycles. The molecular formula is C20H21ClF3N3OS. The number of nitrogens with zero attached hydrogens (tertiary/aromatic N) is 3. The van der Waals surface area contributed by atoms with E-state index in [4.69, 9.17) is 0 Å². The summed E-state index contributed by atoms with van der Waals surface area (Å²) in [5.74, 6) is -3.07. The van der Waals surface area contributed by atoms with E-state index in [1.54, 1.807) is 0 Å². The Morgan fingerprint density at radius 2 is 1.69 bits per heavy atom. The molecule has 29 heavy (non-hydrogen) atoms. The molecule has 0 atom stereocenters. The molecule has 0 saturated heterocycles. The number of hydrogen-bond donors (Lipinski definition) is 0. The molecule has 0 fully saturated rings. The second kappa shape index (κ2) is 10.0. The van der Waals surface area contributed by atoms with Crippen LogP contribution in [0.4, 0.5) is 18.3 Å². The van der Waals surface area contributed by atoms with Crippen LogP contribution in [-0.2, 0) is 0 Å². The number of fused-ring (bicyclic) bond motifs is 1. The van der Waals surface area contributed by atoms with Crippen LogP contribution in [0.5, 0.6) is 0 Å². The first kappa shape index (κ1) is 23.1. The Balaban J connectivity index is 0.00000300. The molecule has 2 aromatic carbocycles. The first-order valence-electron chi connectivity index (χ1n) is 8.98. The number of amides is 1.